The lowest BCUT2D eigenvalue weighted by molar-refractivity contribution is 0.198. The molecule has 0 bridgehead atoms. The van der Waals surface area contributed by atoms with Crippen molar-refractivity contribution in [2.75, 3.05) is 30.2 Å². The van der Waals surface area contributed by atoms with Gasteiger partial charge in [-0.2, -0.15) is 8.42 Å². The largest absolute Gasteiger partial charge is 0.358 e. The van der Waals surface area contributed by atoms with E-state index in [4.69, 9.17) is 11.6 Å². The van der Waals surface area contributed by atoms with Crippen LogP contribution in [0.2, 0.25) is 0 Å². The molecule has 2 N–H and O–H groups in total. The summed E-state index contributed by atoms with van der Waals surface area (Å²) in [5.41, 5.74) is 3.04. The average molecular weight is 414 g/mol. The van der Waals surface area contributed by atoms with E-state index in [9.17, 15) is 13.0 Å². The van der Waals surface area contributed by atoms with Crippen LogP contribution in [0.5, 0.6) is 0 Å². The van der Waals surface area contributed by atoms with Crippen LogP contribution in [0, 0.1) is 6.92 Å². The molecule has 0 saturated carbocycles. The summed E-state index contributed by atoms with van der Waals surface area (Å²) in [6, 6.07) is 6.44. The maximum Gasteiger partial charge on any atom is 0.358 e. The number of nitrogens with zero attached hydrogens (tertiary/aromatic N) is 2. The van der Waals surface area contributed by atoms with Crippen molar-refractivity contribution in [1.82, 2.24) is 9.47 Å². The van der Waals surface area contributed by atoms with Gasteiger partial charge in [-0.05, 0) is 56.3 Å². The Hall–Kier alpha value is -1.28. The molecular formula is C19H28ClN3O3S. The lowest BCUT2D eigenvalue weighted by Gasteiger charge is -2.33. The first-order valence-electron chi connectivity index (χ1n) is 9.51. The molecule has 1 aromatic carbocycles. The second kappa shape index (κ2) is 8.39. The Labute approximate surface area is 166 Å². The number of fused-ring (bicyclic) bond motifs is 1. The van der Waals surface area contributed by atoms with E-state index in [0.717, 1.165) is 61.8 Å². The summed E-state index contributed by atoms with van der Waals surface area (Å²) in [5, 5.41) is 1.01. The van der Waals surface area contributed by atoms with Crippen molar-refractivity contribution in [3.8, 4) is 0 Å². The molecule has 1 saturated heterocycles. The number of alkyl halides is 1. The summed E-state index contributed by atoms with van der Waals surface area (Å²) in [4.78, 5) is 2.40. The molecule has 8 heteroatoms. The molecule has 2 aromatic rings. The molecule has 0 atom stereocenters. The molecule has 1 aliphatic heterocycles. The molecule has 2 heterocycles. The van der Waals surface area contributed by atoms with Crippen LogP contribution in [0.25, 0.3) is 10.9 Å². The van der Waals surface area contributed by atoms with Crippen LogP contribution >= 0.6 is 11.6 Å². The molecule has 0 aliphatic carbocycles. The molecule has 150 valence electrons. The zero-order chi connectivity index (χ0) is 19.6. The van der Waals surface area contributed by atoms with Crippen molar-refractivity contribution in [3.63, 3.8) is 0 Å². The molecule has 1 aliphatic rings. The number of hydrogen-bond acceptors (Lipinski definition) is 3. The first-order valence-corrected chi connectivity index (χ1v) is 11.5. The van der Waals surface area contributed by atoms with Gasteiger partial charge in [-0.25, -0.2) is 4.72 Å². The molecule has 0 amide bonds. The van der Waals surface area contributed by atoms with E-state index in [-0.39, 0.29) is 6.04 Å². The van der Waals surface area contributed by atoms with E-state index in [1.54, 1.807) is 0 Å². The van der Waals surface area contributed by atoms with Crippen molar-refractivity contribution in [2.45, 2.75) is 45.6 Å². The lowest BCUT2D eigenvalue weighted by atomic mass is 10.0. The first-order chi connectivity index (χ1) is 12.8. The molecule has 27 heavy (non-hydrogen) atoms. The Morgan fingerprint density at radius 2 is 2.00 bits per heavy atom. The number of likely N-dealkylation sites (tertiary alicyclic amines) is 1. The minimum Gasteiger partial charge on any atom is -0.323 e. The quantitative estimate of drug-likeness (QED) is 0.531. The number of nitrogens with one attached hydrogen (secondary N) is 1. The van der Waals surface area contributed by atoms with Gasteiger partial charge in [0.25, 0.3) is 0 Å². The highest BCUT2D eigenvalue weighted by Gasteiger charge is 2.26. The molecule has 1 fully saturated rings. The summed E-state index contributed by atoms with van der Waals surface area (Å²) in [7, 11) is -4.35. The van der Waals surface area contributed by atoms with Gasteiger partial charge in [-0.1, -0.05) is 19.1 Å². The summed E-state index contributed by atoms with van der Waals surface area (Å²) >= 11 is 5.84. The molecule has 6 nitrogen and oxygen atoms in total. The van der Waals surface area contributed by atoms with Crippen molar-refractivity contribution in [3.05, 3.63) is 29.3 Å². The fraction of sp³-hybridized carbons (Fsp3) is 0.579. The number of anilines is 1. The Kier molecular flexibility index (Phi) is 6.35. The van der Waals surface area contributed by atoms with Crippen LogP contribution in [0.1, 0.15) is 43.4 Å². The second-order valence-electron chi connectivity index (χ2n) is 7.23. The van der Waals surface area contributed by atoms with Crippen LogP contribution < -0.4 is 4.72 Å². The van der Waals surface area contributed by atoms with Crippen LogP contribution in [0.15, 0.2) is 18.2 Å². The monoisotopic (exact) mass is 413 g/mol. The maximum atomic E-state index is 11.6. The fourth-order valence-corrected chi connectivity index (χ4v) is 4.70. The van der Waals surface area contributed by atoms with E-state index in [1.165, 1.54) is 5.56 Å². The van der Waals surface area contributed by atoms with Crippen LogP contribution in [0.4, 0.5) is 5.82 Å². The van der Waals surface area contributed by atoms with E-state index in [0.29, 0.717) is 11.7 Å². The van der Waals surface area contributed by atoms with E-state index in [1.807, 2.05) is 13.0 Å². The molecule has 0 unspecified atom stereocenters. The van der Waals surface area contributed by atoms with Crippen LogP contribution in [-0.2, 0) is 16.7 Å². The predicted octanol–water partition coefficient (Wildman–Crippen LogP) is 3.99. The average Bonchev–Trinajstić information content (AvgIpc) is 2.90. The Morgan fingerprint density at radius 3 is 2.59 bits per heavy atom. The Bertz CT molecular complexity index is 903. The van der Waals surface area contributed by atoms with Crippen molar-refractivity contribution in [1.29, 1.82) is 0 Å². The summed E-state index contributed by atoms with van der Waals surface area (Å²) in [6.45, 7) is 7.04. The van der Waals surface area contributed by atoms with Gasteiger partial charge in [0.1, 0.15) is 5.82 Å². The summed E-state index contributed by atoms with van der Waals surface area (Å²) < 4.78 is 37.0. The third-order valence-corrected chi connectivity index (χ3v) is 6.23. The third kappa shape index (κ3) is 4.59. The standard InChI is InChI=1S/C19H28ClN3O3S/c1-3-22-11-8-16(9-12-22)23-18-13-15(5-4-10-20)6-7-17(18)14(2)19(23)21-27(24,25)26/h6-7,13,16,21H,3-5,8-12H2,1-2H3,(H,24,25,26). The molecule has 0 radical (unpaired) electrons. The Morgan fingerprint density at radius 1 is 1.30 bits per heavy atom. The van der Waals surface area contributed by atoms with Gasteiger partial charge in [0.15, 0.2) is 0 Å². The molecular weight excluding hydrogens is 386 g/mol. The maximum absolute atomic E-state index is 11.6. The summed E-state index contributed by atoms with van der Waals surface area (Å²) in [5.74, 6) is 1.08. The van der Waals surface area contributed by atoms with Crippen molar-refractivity contribution < 1.29 is 13.0 Å². The van der Waals surface area contributed by atoms with Gasteiger partial charge >= 0.3 is 10.3 Å². The highest BCUT2D eigenvalue weighted by Crippen LogP contribution is 2.37. The summed E-state index contributed by atoms with van der Waals surface area (Å²) in [6.07, 6.45) is 3.68. The van der Waals surface area contributed by atoms with Crippen molar-refractivity contribution >= 4 is 38.6 Å². The number of hydrogen-bond donors (Lipinski definition) is 2. The minimum absolute atomic E-state index is 0.191. The SMILES string of the molecule is CCN1CCC(n2c(NS(=O)(=O)O)c(C)c3ccc(CCCCl)cc32)CC1. The number of aromatic nitrogens is 1. The van der Waals surface area contributed by atoms with Gasteiger partial charge in [0.05, 0.1) is 5.52 Å². The van der Waals surface area contributed by atoms with Gasteiger partial charge in [0, 0.05) is 30.4 Å². The van der Waals surface area contributed by atoms with Gasteiger partial charge < -0.3 is 9.47 Å². The fourth-order valence-electron chi connectivity index (χ4n) is 4.07. The number of halogens is 1. The third-order valence-electron chi connectivity index (χ3n) is 5.52. The van der Waals surface area contributed by atoms with E-state index < -0.39 is 10.3 Å². The molecule has 3 rings (SSSR count). The first kappa shape index (κ1) is 20.5. The van der Waals surface area contributed by atoms with Gasteiger partial charge in [-0.15, -0.1) is 11.6 Å². The highest BCUT2D eigenvalue weighted by molar-refractivity contribution is 7.87. The normalized spacial score (nSPS) is 16.9. The highest BCUT2D eigenvalue weighted by atomic mass is 35.5. The number of benzene rings is 1. The zero-order valence-corrected chi connectivity index (χ0v) is 17.5. The van der Waals surface area contributed by atoms with Crippen LogP contribution in [0.3, 0.4) is 0 Å². The van der Waals surface area contributed by atoms with Gasteiger partial charge in [0.2, 0.25) is 0 Å². The number of rotatable bonds is 7. The zero-order valence-electron chi connectivity index (χ0n) is 15.9. The van der Waals surface area contributed by atoms with Gasteiger partial charge in [-0.3, -0.25) is 4.55 Å². The minimum atomic E-state index is -4.35. The lowest BCUT2D eigenvalue weighted by Crippen LogP contribution is -2.34. The van der Waals surface area contributed by atoms with Crippen LogP contribution in [-0.4, -0.2) is 48.0 Å². The molecule has 1 aromatic heterocycles. The van der Waals surface area contributed by atoms with Crippen molar-refractivity contribution in [2.24, 2.45) is 0 Å². The number of piperidine rings is 1. The van der Waals surface area contributed by atoms with E-state index >= 15 is 0 Å². The van der Waals surface area contributed by atoms with E-state index in [2.05, 4.69) is 33.2 Å². The predicted molar refractivity (Wildman–Crippen MR) is 111 cm³/mol. The topological polar surface area (TPSA) is 74.6 Å². The smallest absolute Gasteiger partial charge is 0.323 e. The second-order valence-corrected chi connectivity index (χ2v) is 8.76. The molecule has 0 spiro atoms. The number of aryl methyl sites for hydroxylation is 2. The Balaban J connectivity index is 2.09.